The van der Waals surface area contributed by atoms with Crippen molar-refractivity contribution in [3.63, 3.8) is 0 Å². The molecule has 5 aromatic rings. The molecule has 0 atom stereocenters. The van der Waals surface area contributed by atoms with Crippen LogP contribution >= 0.6 is 6.04 Å². The van der Waals surface area contributed by atoms with Gasteiger partial charge in [0.1, 0.15) is 11.5 Å². The zero-order valence-electron chi connectivity index (χ0n) is 35.7. The van der Waals surface area contributed by atoms with Gasteiger partial charge in [-0.3, -0.25) is 0 Å². The van der Waals surface area contributed by atoms with Crippen LogP contribution in [0.1, 0.15) is 132 Å². The lowest BCUT2D eigenvalue weighted by atomic mass is 9.84. The zero-order chi connectivity index (χ0) is 40.0. The zero-order valence-corrected chi connectivity index (χ0v) is 37.5. The highest BCUT2D eigenvalue weighted by molar-refractivity contribution is 8.26. The summed E-state index contributed by atoms with van der Waals surface area (Å²) in [5.74, 6) is 1.82. The highest BCUT2D eigenvalue weighted by Gasteiger charge is 2.52. The summed E-state index contributed by atoms with van der Waals surface area (Å²) in [5, 5.41) is 3.61. The Hall–Kier alpha value is -3.85. The minimum atomic E-state index is -2.66. The average molecular weight is 767 g/mol. The van der Waals surface area contributed by atoms with E-state index in [2.05, 4.69) is 199 Å². The van der Waals surface area contributed by atoms with Gasteiger partial charge < -0.3 is 14.5 Å². The summed E-state index contributed by atoms with van der Waals surface area (Å²) in [6.07, 6.45) is 0. The van der Waals surface area contributed by atoms with Gasteiger partial charge in [-0.25, -0.2) is 0 Å². The fraction of sp³-hybridized carbons (Fsp3) is 0.400. The van der Waals surface area contributed by atoms with Crippen molar-refractivity contribution in [2.24, 2.45) is 0 Å². The third-order valence-corrected chi connectivity index (χ3v) is 16.8. The third kappa shape index (κ3) is 5.92. The molecule has 8 rings (SSSR count). The molecule has 5 aromatic carbocycles. The number of nitrogens with zero attached hydrogens (tertiary/aromatic N) is 2. The topological polar surface area (TPSA) is 15.7 Å². The van der Waals surface area contributed by atoms with Crippen molar-refractivity contribution < 1.29 is 4.74 Å². The molecule has 0 bridgehead atoms. The summed E-state index contributed by atoms with van der Waals surface area (Å²) in [6.45, 7) is 34.5. The van der Waals surface area contributed by atoms with E-state index in [1.165, 1.54) is 55.1 Å². The normalized spacial score (nSPS) is 15.8. The summed E-state index contributed by atoms with van der Waals surface area (Å²) in [6, 6.07) is 30.2. The van der Waals surface area contributed by atoms with E-state index >= 15 is 0 Å². The van der Waals surface area contributed by atoms with E-state index in [0.29, 0.717) is 0 Å². The van der Waals surface area contributed by atoms with Gasteiger partial charge in [0.25, 0.3) is 0 Å². The maximum absolute atomic E-state index is 7.42. The van der Waals surface area contributed by atoms with Gasteiger partial charge in [0.15, 0.2) is 0 Å². The highest BCUT2D eigenvalue weighted by Crippen LogP contribution is 2.67. The van der Waals surface area contributed by atoms with Crippen LogP contribution in [0.2, 0.25) is 0 Å². The molecule has 3 aliphatic rings. The van der Waals surface area contributed by atoms with Crippen LogP contribution in [0.3, 0.4) is 0 Å². The SMILES string of the molecule is CC(C)(C)c1ccc(N2c3cc(C(C)(C)C)cc4c3P3(=S)c5c(cc(C(C)(C)C)cc5N(c5ccc(C(C)(C)C)cc5)c5cc(C(C)(C)C)cc2c53)O4)cc1. The van der Waals surface area contributed by atoms with Crippen molar-refractivity contribution in [3.05, 3.63) is 113 Å². The second kappa shape index (κ2) is 11.8. The molecule has 0 spiro atoms. The number of anilines is 6. The Balaban J connectivity index is 1.55. The molecule has 55 heavy (non-hydrogen) atoms. The van der Waals surface area contributed by atoms with Crippen molar-refractivity contribution in [2.75, 3.05) is 9.80 Å². The molecule has 0 aromatic heterocycles. The van der Waals surface area contributed by atoms with Crippen LogP contribution < -0.4 is 30.5 Å². The second-order valence-corrected chi connectivity index (χ2v) is 25.5. The Morgan fingerprint density at radius 2 is 0.655 bits per heavy atom. The summed E-state index contributed by atoms with van der Waals surface area (Å²) < 4.78 is 7.27. The predicted molar refractivity (Wildman–Crippen MR) is 243 cm³/mol. The largest absolute Gasteiger partial charge is 0.456 e. The van der Waals surface area contributed by atoms with Crippen molar-refractivity contribution in [1.82, 2.24) is 0 Å². The number of hydrogen-bond donors (Lipinski definition) is 0. The van der Waals surface area contributed by atoms with Crippen LogP contribution in [0.4, 0.5) is 34.1 Å². The van der Waals surface area contributed by atoms with Gasteiger partial charge in [0.2, 0.25) is 0 Å². The van der Waals surface area contributed by atoms with Gasteiger partial charge in [-0.05, 0) is 116 Å². The molecule has 0 fully saturated rings. The Morgan fingerprint density at radius 1 is 0.382 bits per heavy atom. The third-order valence-electron chi connectivity index (χ3n) is 11.9. The molecule has 0 saturated carbocycles. The van der Waals surface area contributed by atoms with Gasteiger partial charge in [-0.15, -0.1) is 0 Å². The van der Waals surface area contributed by atoms with Gasteiger partial charge >= 0.3 is 0 Å². The Kier molecular flexibility index (Phi) is 8.19. The fourth-order valence-corrected chi connectivity index (χ4v) is 13.5. The number of benzene rings is 5. The van der Waals surface area contributed by atoms with Gasteiger partial charge in [0.05, 0.1) is 39.4 Å². The van der Waals surface area contributed by atoms with Crippen molar-refractivity contribution >= 4 is 67.9 Å². The Morgan fingerprint density at radius 3 is 0.945 bits per heavy atom. The van der Waals surface area contributed by atoms with E-state index < -0.39 is 6.04 Å². The van der Waals surface area contributed by atoms with E-state index in [0.717, 1.165) is 34.2 Å². The summed E-state index contributed by atoms with van der Waals surface area (Å²) in [4.78, 5) is 5.03. The Bertz CT molecular complexity index is 2280. The summed E-state index contributed by atoms with van der Waals surface area (Å²) in [7, 11) is 0. The van der Waals surface area contributed by atoms with Crippen molar-refractivity contribution in [2.45, 2.75) is 131 Å². The molecular weight excluding hydrogens is 708 g/mol. The fourth-order valence-electron chi connectivity index (χ4n) is 8.37. The van der Waals surface area contributed by atoms with Crippen LogP contribution in [0.15, 0.2) is 84.9 Å². The van der Waals surface area contributed by atoms with E-state index in [1.54, 1.807) is 0 Å². The van der Waals surface area contributed by atoms with Crippen LogP contribution in [0, 0.1) is 0 Å². The number of ether oxygens (including phenoxy) is 1. The average Bonchev–Trinajstić information content (AvgIpc) is 3.06. The van der Waals surface area contributed by atoms with E-state index in [1.807, 2.05) is 0 Å². The first-order valence-electron chi connectivity index (χ1n) is 20.0. The summed E-state index contributed by atoms with van der Waals surface area (Å²) >= 11 is 7.42. The molecule has 3 nitrogen and oxygen atoms in total. The maximum atomic E-state index is 7.42. The smallest absolute Gasteiger partial charge is 0.138 e. The molecule has 286 valence electrons. The molecule has 0 unspecified atom stereocenters. The van der Waals surface area contributed by atoms with E-state index in [-0.39, 0.29) is 27.1 Å². The van der Waals surface area contributed by atoms with Crippen LogP contribution in [0.25, 0.3) is 0 Å². The van der Waals surface area contributed by atoms with Crippen molar-refractivity contribution in [3.8, 4) is 11.5 Å². The molecule has 0 N–H and O–H groups in total. The first kappa shape index (κ1) is 38.0. The second-order valence-electron chi connectivity index (χ2n) is 21.3. The van der Waals surface area contributed by atoms with Crippen molar-refractivity contribution in [1.29, 1.82) is 0 Å². The molecular formula is C50H59N2OPS. The minimum absolute atomic E-state index is 0.0429. The molecule has 0 amide bonds. The first-order valence-corrected chi connectivity index (χ1v) is 22.8. The minimum Gasteiger partial charge on any atom is -0.456 e. The standard InChI is InChI=1S/C50H59N2OPS/c1-46(2,3)30-16-20-35(21-17-30)51-37-24-32(48(7,8)9)25-38-43(37)54(55)44-39(51)26-33(49(10,11)12)28-41(44)53-42-29-34(50(13,14)15)27-40(45(42)54)52(38)36-22-18-31(19-23-36)47(4,5)6/h16-29H,1-15H3. The lowest BCUT2D eigenvalue weighted by Crippen LogP contribution is -2.46. The van der Waals surface area contributed by atoms with Crippen LogP contribution in [-0.2, 0) is 38.9 Å². The maximum Gasteiger partial charge on any atom is 0.138 e. The molecule has 0 saturated heterocycles. The van der Waals surface area contributed by atoms with Crippen LogP contribution in [0.5, 0.6) is 11.5 Å². The lowest BCUT2D eigenvalue weighted by molar-refractivity contribution is 0.480. The van der Waals surface area contributed by atoms with Gasteiger partial charge in [-0.2, -0.15) is 0 Å². The van der Waals surface area contributed by atoms with Gasteiger partial charge in [0, 0.05) is 16.7 Å². The molecule has 5 heteroatoms. The van der Waals surface area contributed by atoms with E-state index in [4.69, 9.17) is 16.5 Å². The predicted octanol–water partition coefficient (Wildman–Crippen LogP) is 13.6. The highest BCUT2D eigenvalue weighted by atomic mass is 32.4. The van der Waals surface area contributed by atoms with Gasteiger partial charge in [-0.1, -0.05) is 140 Å². The molecule has 3 heterocycles. The monoisotopic (exact) mass is 766 g/mol. The molecule has 3 aliphatic heterocycles. The molecule has 0 radical (unpaired) electrons. The quantitative estimate of drug-likeness (QED) is 0.163. The Labute approximate surface area is 336 Å². The molecule has 0 aliphatic carbocycles. The van der Waals surface area contributed by atoms with E-state index in [9.17, 15) is 0 Å². The number of rotatable bonds is 2. The first-order chi connectivity index (χ1) is 25.3. The summed E-state index contributed by atoms with van der Waals surface area (Å²) in [5.41, 5.74) is 13.1. The lowest BCUT2D eigenvalue weighted by Gasteiger charge is -2.50. The van der Waals surface area contributed by atoms with Crippen LogP contribution in [-0.4, -0.2) is 0 Å². The number of hydrogen-bond acceptors (Lipinski definition) is 4.